The maximum absolute atomic E-state index is 14.1. The molecule has 0 saturated heterocycles. The molecule has 14 heavy (non-hydrogen) atoms. The maximum Gasteiger partial charge on any atom is 0.149 e. The first-order chi connectivity index (χ1) is 6.29. The minimum Gasteiger partial charge on any atom is -0.217 e. The van der Waals surface area contributed by atoms with Crippen LogP contribution in [0, 0.1) is 0 Å². The predicted octanol–water partition coefficient (Wildman–Crippen LogP) is 7.96. The average Bonchev–Trinajstić information content (AvgIpc) is 2.01. The van der Waals surface area contributed by atoms with Crippen LogP contribution in [0.5, 0.6) is 0 Å². The molecule has 0 N–H and O–H groups in total. The Morgan fingerprint density at radius 3 is 1.29 bits per heavy atom. The van der Waals surface area contributed by atoms with Gasteiger partial charge in [-0.3, -0.25) is 0 Å². The van der Waals surface area contributed by atoms with Crippen molar-refractivity contribution < 1.29 is 8.39 Å². The zero-order valence-corrected chi connectivity index (χ0v) is 19.2. The molecule has 0 saturated carbocycles. The second kappa shape index (κ2) is 9.85. The molecule has 86 valence electrons. The highest BCUT2D eigenvalue weighted by molar-refractivity contribution is 9.17. The molecule has 0 aromatic rings. The zero-order valence-electron chi connectivity index (χ0n) is 6.90. The molecule has 0 fully saturated rings. The van der Waals surface area contributed by atoms with Crippen molar-refractivity contribution in [1.82, 2.24) is 0 Å². The molecule has 0 aliphatic rings. The Balaban J connectivity index is 4.51. The highest BCUT2D eigenvalue weighted by Gasteiger charge is 2.35. The summed E-state index contributed by atoms with van der Waals surface area (Å²) in [4.78, 5) is 0. The largest absolute Gasteiger partial charge is 0.217 e. The normalized spacial score (nSPS) is 19.1. The fraction of sp³-hybridized carbons (Fsp3) is 0. The SMILES string of the molecule is FP(P)P(P)P(F)P(P(P)P)P(P)P. The van der Waals surface area contributed by atoms with E-state index in [4.69, 9.17) is 0 Å². The van der Waals surface area contributed by atoms with Gasteiger partial charge in [0.2, 0.25) is 0 Å². The molecule has 0 amide bonds. The second-order valence-corrected chi connectivity index (χ2v) is 44.9. The predicted molar refractivity (Wildman–Crippen MR) is 102 cm³/mol. The first kappa shape index (κ1) is 19.0. The first-order valence-corrected chi connectivity index (χ1v) is 24.0. The monoisotopic (exact) mass is 422 g/mol. The van der Waals surface area contributed by atoms with Crippen molar-refractivity contribution in [3.05, 3.63) is 0 Å². The summed E-state index contributed by atoms with van der Waals surface area (Å²) < 4.78 is 27.1. The third kappa shape index (κ3) is 6.98. The van der Waals surface area contributed by atoms with Crippen LogP contribution in [0.3, 0.4) is 0 Å². The Kier molecular flexibility index (Phi) is 13.4. The Hall–Kier alpha value is 5.02. The first-order valence-electron chi connectivity index (χ1n) is 2.89. The summed E-state index contributed by atoms with van der Waals surface area (Å²) in [6, 6.07) is 0. The Bertz CT molecular complexity index is 144. The van der Waals surface area contributed by atoms with Crippen LogP contribution in [0.4, 0.5) is 8.39 Å². The summed E-state index contributed by atoms with van der Waals surface area (Å²) in [5, 5.41) is 0. The topological polar surface area (TPSA) is 0 Å². The molecule has 9 unspecified atom stereocenters. The average molecular weight is 422 g/mol. The van der Waals surface area contributed by atoms with E-state index in [2.05, 4.69) is 53.6 Å². The van der Waals surface area contributed by atoms with Gasteiger partial charge in [-0.15, -0.1) is 35.7 Å². The quantitative estimate of drug-likeness (QED) is 0.395. The molecule has 0 heterocycles. The molecule has 0 radical (unpaired) electrons. The van der Waals surface area contributed by atoms with Crippen LogP contribution in [0.15, 0.2) is 0 Å². The number of hydrogen-bond acceptors (Lipinski definition) is 0. The zero-order chi connectivity index (χ0) is 11.5. The van der Waals surface area contributed by atoms with Crippen molar-refractivity contribution in [2.45, 2.75) is 0 Å². The van der Waals surface area contributed by atoms with Gasteiger partial charge in [0, 0.05) is 14.0 Å². The summed E-state index contributed by atoms with van der Waals surface area (Å²) in [6.45, 7) is -2.63. The van der Waals surface area contributed by atoms with Crippen molar-refractivity contribution in [2.24, 2.45) is 0 Å². The molecule has 0 aromatic heterocycles. The minimum atomic E-state index is -1.68. The molecular formula is H12F2P12. The van der Waals surface area contributed by atoms with Gasteiger partial charge >= 0.3 is 0 Å². The lowest BCUT2D eigenvalue weighted by Gasteiger charge is -2.30. The maximum atomic E-state index is 14.1. The van der Waals surface area contributed by atoms with Gasteiger partial charge in [-0.1, -0.05) is 17.9 Å². The molecule has 0 aliphatic carbocycles. The van der Waals surface area contributed by atoms with Crippen LogP contribution in [0.1, 0.15) is 0 Å². The molecule has 9 atom stereocenters. The summed E-state index contributed by atoms with van der Waals surface area (Å²) in [5.41, 5.74) is 0. The third-order valence-electron chi connectivity index (χ3n) is 0.926. The van der Waals surface area contributed by atoms with E-state index in [0.29, 0.717) is 0 Å². The van der Waals surface area contributed by atoms with Crippen molar-refractivity contribution in [2.75, 3.05) is 0 Å². The standard InChI is InChI=1S/F2H12P12/c1-9(3)13(8)10(2)14(11(4)5)12(6)7/h3-8H2. The van der Waals surface area contributed by atoms with E-state index in [9.17, 15) is 8.39 Å². The van der Waals surface area contributed by atoms with Crippen LogP contribution in [0.2, 0.25) is 0 Å². The van der Waals surface area contributed by atoms with E-state index >= 15 is 0 Å². The van der Waals surface area contributed by atoms with Gasteiger partial charge in [-0.2, -0.15) is 0 Å². The van der Waals surface area contributed by atoms with E-state index in [1.165, 1.54) is 0 Å². The third-order valence-corrected chi connectivity index (χ3v) is 63.0. The molecule has 0 spiro atoms. The smallest absolute Gasteiger partial charge is 0.149 e. The number of halogens is 2. The van der Waals surface area contributed by atoms with Crippen LogP contribution >= 0.6 is 96.7 Å². The fourth-order valence-corrected chi connectivity index (χ4v) is 86.4. The summed E-state index contributed by atoms with van der Waals surface area (Å²) >= 11 is 0. The van der Waals surface area contributed by atoms with Gasteiger partial charge in [0.25, 0.3) is 0 Å². The van der Waals surface area contributed by atoms with Crippen LogP contribution < -0.4 is 0 Å². The molecule has 14 heteroatoms. The summed E-state index contributed by atoms with van der Waals surface area (Å²) in [6.07, 6.45) is 0. The van der Waals surface area contributed by atoms with E-state index in [1.807, 2.05) is 0 Å². The molecule has 0 nitrogen and oxygen atoms in total. The highest BCUT2D eigenvalue weighted by atomic mass is 33.2. The van der Waals surface area contributed by atoms with Crippen molar-refractivity contribution in [1.29, 1.82) is 0 Å². The van der Waals surface area contributed by atoms with Gasteiger partial charge in [-0.05, 0) is 14.0 Å². The van der Waals surface area contributed by atoms with Gasteiger partial charge in [-0.25, -0.2) is 8.39 Å². The van der Waals surface area contributed by atoms with E-state index in [1.54, 1.807) is 0 Å². The fourth-order valence-electron chi connectivity index (χ4n) is 0.442. The lowest BCUT2D eigenvalue weighted by molar-refractivity contribution is 0.926. The Morgan fingerprint density at radius 1 is 0.714 bits per heavy atom. The van der Waals surface area contributed by atoms with Crippen LogP contribution in [-0.4, -0.2) is 0 Å². The van der Waals surface area contributed by atoms with Crippen LogP contribution in [-0.2, 0) is 0 Å². The summed E-state index contributed by atoms with van der Waals surface area (Å²) in [5.74, 6) is 0. The molecule has 0 bridgehead atoms. The van der Waals surface area contributed by atoms with Crippen LogP contribution in [0.25, 0.3) is 0 Å². The van der Waals surface area contributed by atoms with E-state index in [0.717, 1.165) is 0 Å². The van der Waals surface area contributed by atoms with Gasteiger partial charge < -0.3 is 0 Å². The van der Waals surface area contributed by atoms with E-state index in [-0.39, 0.29) is 0 Å². The Morgan fingerprint density at radius 2 is 1.07 bits per heavy atom. The second-order valence-electron chi connectivity index (χ2n) is 1.88. The van der Waals surface area contributed by atoms with Gasteiger partial charge in [0.1, 0.15) is 15.2 Å². The van der Waals surface area contributed by atoms with Gasteiger partial charge in [0.15, 0.2) is 0 Å². The molecular weight excluding hydrogens is 410 g/mol. The van der Waals surface area contributed by atoms with Crippen molar-refractivity contribution in [3.8, 4) is 0 Å². The van der Waals surface area contributed by atoms with Crippen molar-refractivity contribution in [3.63, 3.8) is 0 Å². The molecule has 0 aliphatic heterocycles. The molecule has 0 aromatic carbocycles. The molecule has 0 rings (SSSR count). The minimum absolute atomic E-state index is 0.424. The number of hydrogen-bond donors (Lipinski definition) is 0. The van der Waals surface area contributed by atoms with E-state index < -0.39 is 43.2 Å². The van der Waals surface area contributed by atoms with Crippen molar-refractivity contribution >= 4 is 96.7 Å². The Labute approximate surface area is 105 Å². The number of rotatable bonds is 5. The lowest BCUT2D eigenvalue weighted by atomic mass is 18.9. The highest BCUT2D eigenvalue weighted by Crippen LogP contribution is 3.17. The van der Waals surface area contributed by atoms with Gasteiger partial charge in [0.05, 0.1) is 0 Å². The summed E-state index contributed by atoms with van der Waals surface area (Å²) in [7, 11) is 12.0. The lowest BCUT2D eigenvalue weighted by Crippen LogP contribution is -1.48.